The molecule has 0 amide bonds. The number of ether oxygens (including phenoxy) is 1. The summed E-state index contributed by atoms with van der Waals surface area (Å²) in [4.78, 5) is 5.66. The van der Waals surface area contributed by atoms with Gasteiger partial charge in [0.1, 0.15) is 29.8 Å². The van der Waals surface area contributed by atoms with E-state index in [2.05, 4.69) is 4.99 Å². The van der Waals surface area contributed by atoms with Crippen molar-refractivity contribution in [1.29, 1.82) is 0 Å². The van der Waals surface area contributed by atoms with Gasteiger partial charge in [-0.15, -0.1) is 0 Å². The first-order valence-corrected chi connectivity index (χ1v) is 6.65. The van der Waals surface area contributed by atoms with Crippen LogP contribution in [0.5, 0.6) is 0 Å². The third-order valence-electron chi connectivity index (χ3n) is 3.07. The van der Waals surface area contributed by atoms with Crippen molar-refractivity contribution in [3.05, 3.63) is 0 Å². The third-order valence-corrected chi connectivity index (χ3v) is 4.37. The van der Waals surface area contributed by atoms with Crippen molar-refractivity contribution in [2.75, 3.05) is 14.1 Å². The van der Waals surface area contributed by atoms with E-state index in [1.807, 2.05) is 0 Å². The van der Waals surface area contributed by atoms with E-state index >= 15 is 0 Å². The number of thioether (sulfide) groups is 1. The third kappa shape index (κ3) is 2.74. The van der Waals surface area contributed by atoms with Crippen LogP contribution in [0.15, 0.2) is 4.99 Å². The molecule has 0 aromatic heterocycles. The number of amidine groups is 1. The molecule has 0 aliphatic carbocycles. The van der Waals surface area contributed by atoms with Crippen LogP contribution in [0, 0.1) is 0 Å². The predicted molar refractivity (Wildman–Crippen MR) is 64.1 cm³/mol. The summed E-state index contributed by atoms with van der Waals surface area (Å²) in [6.45, 7) is 0. The summed E-state index contributed by atoms with van der Waals surface area (Å²) in [5.41, 5.74) is -0.948. The van der Waals surface area contributed by atoms with Crippen LogP contribution in [-0.2, 0) is 4.74 Å². The molecule has 1 fully saturated rings. The lowest BCUT2D eigenvalue weighted by molar-refractivity contribution is -0.251. The van der Waals surface area contributed by atoms with E-state index in [9.17, 15) is 27.8 Å². The molecular weight excluding hydrogens is 304 g/mol. The van der Waals surface area contributed by atoms with E-state index in [0.717, 1.165) is 11.8 Å². The van der Waals surface area contributed by atoms with Crippen molar-refractivity contribution in [2.24, 2.45) is 4.99 Å². The van der Waals surface area contributed by atoms with Crippen molar-refractivity contribution in [3.63, 3.8) is 0 Å². The molecule has 2 heterocycles. The highest BCUT2D eigenvalue weighted by Crippen LogP contribution is 2.40. The highest BCUT2D eigenvalue weighted by molar-refractivity contribution is 8.14. The Bertz CT molecular complexity index is 406. The Kier molecular flexibility index (Phi) is 4.20. The van der Waals surface area contributed by atoms with Gasteiger partial charge in [-0.2, -0.15) is 13.2 Å². The Balaban J connectivity index is 2.17. The first-order chi connectivity index (χ1) is 9.12. The standard InChI is InChI=1S/C10H14F4N2O3S/c1-16(2)9-15-3-4(17)5(18)6(19-8(3)20-9)7(11)10(12,13)14/h3-8,17-18H,1-2H3. The second kappa shape index (κ2) is 5.32. The van der Waals surface area contributed by atoms with Crippen LogP contribution in [0.4, 0.5) is 17.6 Å². The molecule has 0 spiro atoms. The highest BCUT2D eigenvalue weighted by atomic mass is 32.2. The summed E-state index contributed by atoms with van der Waals surface area (Å²) in [6.07, 6.45) is -14.3. The van der Waals surface area contributed by atoms with Crippen LogP contribution in [0.1, 0.15) is 0 Å². The lowest BCUT2D eigenvalue weighted by atomic mass is 9.95. The van der Waals surface area contributed by atoms with Crippen molar-refractivity contribution < 1.29 is 32.5 Å². The van der Waals surface area contributed by atoms with Gasteiger partial charge in [0.05, 0.1) is 0 Å². The van der Waals surface area contributed by atoms with Crippen molar-refractivity contribution in [1.82, 2.24) is 4.90 Å². The number of halogens is 4. The molecule has 0 radical (unpaired) electrons. The number of nitrogens with zero attached hydrogens (tertiary/aromatic N) is 2. The van der Waals surface area contributed by atoms with Gasteiger partial charge in [0.2, 0.25) is 6.17 Å². The second-order valence-electron chi connectivity index (χ2n) is 4.81. The van der Waals surface area contributed by atoms with Crippen molar-refractivity contribution in [2.45, 2.75) is 42.1 Å². The van der Waals surface area contributed by atoms with Gasteiger partial charge in [0, 0.05) is 14.1 Å². The van der Waals surface area contributed by atoms with Crippen LogP contribution in [0.2, 0.25) is 0 Å². The number of aliphatic hydroxyl groups is 2. The van der Waals surface area contributed by atoms with Crippen LogP contribution >= 0.6 is 11.8 Å². The number of aliphatic imine (C=N–C) groups is 1. The van der Waals surface area contributed by atoms with Crippen LogP contribution in [-0.4, -0.2) is 76.5 Å². The molecule has 2 aliphatic rings. The average Bonchev–Trinajstić information content (AvgIpc) is 2.76. The zero-order chi connectivity index (χ0) is 15.2. The molecule has 116 valence electrons. The van der Waals surface area contributed by atoms with Gasteiger partial charge in [-0.3, -0.25) is 4.99 Å². The summed E-state index contributed by atoms with van der Waals surface area (Å²) >= 11 is 0.989. The van der Waals surface area contributed by atoms with E-state index in [-0.39, 0.29) is 0 Å². The Labute approximate surface area is 116 Å². The number of alkyl halides is 4. The maximum atomic E-state index is 13.4. The van der Waals surface area contributed by atoms with Crippen LogP contribution in [0.25, 0.3) is 0 Å². The largest absolute Gasteiger partial charge is 0.422 e. The number of aliphatic hydroxyl groups excluding tert-OH is 2. The lowest BCUT2D eigenvalue weighted by Crippen LogP contribution is -2.59. The maximum Gasteiger partial charge on any atom is 0.422 e. The topological polar surface area (TPSA) is 65.3 Å². The van der Waals surface area contributed by atoms with Gasteiger partial charge in [0.15, 0.2) is 5.17 Å². The Morgan fingerprint density at radius 2 is 1.90 bits per heavy atom. The summed E-state index contributed by atoms with van der Waals surface area (Å²) < 4.78 is 55.5. The van der Waals surface area contributed by atoms with Gasteiger partial charge < -0.3 is 19.8 Å². The van der Waals surface area contributed by atoms with E-state index in [0.29, 0.717) is 5.17 Å². The quantitative estimate of drug-likeness (QED) is 0.684. The minimum absolute atomic E-state index is 0.439. The Morgan fingerprint density at radius 3 is 2.40 bits per heavy atom. The van der Waals surface area contributed by atoms with E-state index in [1.165, 1.54) is 0 Å². The minimum atomic E-state index is -5.16. The Hall–Kier alpha value is -0.580. The molecule has 0 saturated carbocycles. The van der Waals surface area contributed by atoms with Gasteiger partial charge in [-0.05, 0) is 0 Å². The van der Waals surface area contributed by atoms with Gasteiger partial charge in [-0.1, -0.05) is 11.8 Å². The van der Waals surface area contributed by atoms with Gasteiger partial charge >= 0.3 is 6.18 Å². The molecule has 0 aromatic rings. The average molecular weight is 318 g/mol. The molecule has 0 aromatic carbocycles. The van der Waals surface area contributed by atoms with Crippen LogP contribution < -0.4 is 0 Å². The normalized spacial score (nSPS) is 39.2. The fourth-order valence-corrected chi connectivity index (χ4v) is 3.17. The predicted octanol–water partition coefficient (Wildman–Crippen LogP) is 0.366. The number of fused-ring (bicyclic) bond motifs is 1. The number of rotatable bonds is 1. The summed E-state index contributed by atoms with van der Waals surface area (Å²) in [7, 11) is 3.33. The van der Waals surface area contributed by atoms with E-state index < -0.39 is 42.1 Å². The fourth-order valence-electron chi connectivity index (χ4n) is 2.02. The zero-order valence-electron chi connectivity index (χ0n) is 10.6. The van der Waals surface area contributed by atoms with Gasteiger partial charge in [-0.25, -0.2) is 4.39 Å². The maximum absolute atomic E-state index is 13.4. The fraction of sp³-hybridized carbons (Fsp3) is 0.900. The summed E-state index contributed by atoms with van der Waals surface area (Å²) in [5, 5.41) is 19.9. The molecule has 2 N–H and O–H groups in total. The molecule has 2 rings (SSSR count). The second-order valence-corrected chi connectivity index (χ2v) is 5.87. The minimum Gasteiger partial charge on any atom is -0.388 e. The monoisotopic (exact) mass is 318 g/mol. The molecule has 1 saturated heterocycles. The first-order valence-electron chi connectivity index (χ1n) is 5.77. The first kappa shape index (κ1) is 15.8. The van der Waals surface area contributed by atoms with E-state index in [1.54, 1.807) is 19.0 Å². The number of hydrogen-bond acceptors (Lipinski definition) is 6. The molecule has 0 bridgehead atoms. The SMILES string of the molecule is CN(C)C1=NC2C(OC(C(F)C(F)(F)F)C(O)C2O)S1. The Morgan fingerprint density at radius 1 is 1.30 bits per heavy atom. The highest BCUT2D eigenvalue weighted by Gasteiger charge is 2.57. The van der Waals surface area contributed by atoms with Gasteiger partial charge in [0.25, 0.3) is 0 Å². The smallest absolute Gasteiger partial charge is 0.388 e. The molecule has 6 atom stereocenters. The molecule has 2 aliphatic heterocycles. The molecule has 10 heteroatoms. The van der Waals surface area contributed by atoms with Crippen LogP contribution in [0.3, 0.4) is 0 Å². The summed E-state index contributed by atoms with van der Waals surface area (Å²) in [5.74, 6) is 0. The number of hydrogen-bond donors (Lipinski definition) is 2. The summed E-state index contributed by atoms with van der Waals surface area (Å²) in [6, 6.07) is -0.913. The van der Waals surface area contributed by atoms with E-state index in [4.69, 9.17) is 4.74 Å². The molecular formula is C10H14F4N2O3S. The molecule has 5 nitrogen and oxygen atoms in total. The lowest BCUT2D eigenvalue weighted by Gasteiger charge is -2.39. The van der Waals surface area contributed by atoms with Crippen molar-refractivity contribution in [3.8, 4) is 0 Å². The molecule has 6 unspecified atom stereocenters. The van der Waals surface area contributed by atoms with Crippen molar-refractivity contribution >= 4 is 16.9 Å². The molecule has 20 heavy (non-hydrogen) atoms. The zero-order valence-corrected chi connectivity index (χ0v) is 11.4.